The van der Waals surface area contributed by atoms with E-state index in [1.54, 1.807) is 12.1 Å². The highest BCUT2D eigenvalue weighted by Gasteiger charge is 2.39. The van der Waals surface area contributed by atoms with Crippen LogP contribution in [-0.2, 0) is 38.6 Å². The Morgan fingerprint density at radius 3 is 2.44 bits per heavy atom. The lowest BCUT2D eigenvalue weighted by Crippen LogP contribution is -2.56. The fourth-order valence-electron chi connectivity index (χ4n) is 4.46. The van der Waals surface area contributed by atoms with E-state index in [-0.39, 0.29) is 31.3 Å². The molecule has 2 heterocycles. The average Bonchev–Trinajstić information content (AvgIpc) is 3.57. The van der Waals surface area contributed by atoms with Crippen molar-refractivity contribution >= 4 is 29.3 Å². The number of hydrogen-bond acceptors (Lipinski definition) is 7. The molecular weight excluding hydrogens is 500 g/mol. The van der Waals surface area contributed by atoms with Crippen molar-refractivity contribution in [3.05, 3.63) is 71.5 Å². The fraction of sp³-hybridized carbons (Fsp3) is 0.370. The third-order valence-electron chi connectivity index (χ3n) is 6.41. The number of para-hydroxylation sites is 1. The number of nitrogens with one attached hydrogen (secondary N) is 4. The van der Waals surface area contributed by atoms with Gasteiger partial charge in [0.1, 0.15) is 12.1 Å². The Balaban J connectivity index is 1.41. The second-order valence-corrected chi connectivity index (χ2v) is 10.4. The fourth-order valence-corrected chi connectivity index (χ4v) is 4.46. The quantitative estimate of drug-likeness (QED) is 0.315. The van der Waals surface area contributed by atoms with Gasteiger partial charge in [-0.3, -0.25) is 24.1 Å². The van der Waals surface area contributed by atoms with Gasteiger partial charge in [-0.1, -0.05) is 74.5 Å². The number of fused-ring (bicyclic) bond motifs is 1. The lowest BCUT2D eigenvalue weighted by molar-refractivity contribution is -0.132. The van der Waals surface area contributed by atoms with Crippen LogP contribution in [0.4, 0.5) is 5.69 Å². The maximum absolute atomic E-state index is 13.4. The highest BCUT2D eigenvalue weighted by atomic mass is 16.2. The first kappa shape index (κ1) is 27.4. The molecular formula is C27H32N8O4. The monoisotopic (exact) mass is 532 g/mol. The summed E-state index contributed by atoms with van der Waals surface area (Å²) in [6.07, 6.45) is 0.457. The smallest absolute Gasteiger partial charge is 0.247 e. The first-order chi connectivity index (χ1) is 18.6. The molecule has 12 heteroatoms. The number of carbonyl (C=O) groups excluding carboxylic acids is 4. The zero-order valence-electron chi connectivity index (χ0n) is 22.1. The first-order valence-electron chi connectivity index (χ1n) is 12.6. The van der Waals surface area contributed by atoms with Crippen LogP contribution in [0, 0.1) is 5.41 Å². The average molecular weight is 533 g/mol. The number of amides is 4. The summed E-state index contributed by atoms with van der Waals surface area (Å²) in [5.41, 5.74) is 1.67. The minimum atomic E-state index is -0.874. The number of hydrogen-bond donors (Lipinski definition) is 4. The molecule has 4 N–H and O–H groups in total. The Labute approximate surface area is 225 Å². The molecule has 4 rings (SSSR count). The van der Waals surface area contributed by atoms with Crippen LogP contribution in [-0.4, -0.2) is 62.9 Å². The van der Waals surface area contributed by atoms with Crippen LogP contribution in [0.3, 0.4) is 0 Å². The van der Waals surface area contributed by atoms with E-state index in [2.05, 4.69) is 36.6 Å². The number of H-pyrrole nitrogens is 1. The zero-order chi connectivity index (χ0) is 28.0. The summed E-state index contributed by atoms with van der Waals surface area (Å²) >= 11 is 0. The Kier molecular flexibility index (Phi) is 8.33. The van der Waals surface area contributed by atoms with Crippen LogP contribution in [0.25, 0.3) is 0 Å². The van der Waals surface area contributed by atoms with Gasteiger partial charge in [-0.05, 0) is 22.6 Å². The molecule has 0 bridgehead atoms. The van der Waals surface area contributed by atoms with Gasteiger partial charge in [-0.25, -0.2) is 0 Å². The highest BCUT2D eigenvalue weighted by molar-refractivity contribution is 6.05. The Bertz CT molecular complexity index is 1320. The second kappa shape index (κ2) is 11.8. The highest BCUT2D eigenvalue weighted by Crippen LogP contribution is 2.32. The summed E-state index contributed by atoms with van der Waals surface area (Å²) in [4.78, 5) is 53.7. The van der Waals surface area contributed by atoms with Crippen LogP contribution in [0.15, 0.2) is 54.6 Å². The van der Waals surface area contributed by atoms with Crippen molar-refractivity contribution in [2.75, 3.05) is 11.4 Å². The maximum Gasteiger partial charge on any atom is 0.247 e. The molecule has 204 valence electrons. The topological polar surface area (TPSA) is 162 Å². The molecule has 0 radical (unpaired) electrons. The number of anilines is 1. The summed E-state index contributed by atoms with van der Waals surface area (Å²) in [5.74, 6) is -1.29. The van der Waals surface area contributed by atoms with Crippen molar-refractivity contribution in [2.45, 2.75) is 52.2 Å². The minimum absolute atomic E-state index is 0.0525. The van der Waals surface area contributed by atoms with Crippen molar-refractivity contribution in [2.24, 2.45) is 5.41 Å². The molecule has 0 fully saturated rings. The largest absolute Gasteiger partial charge is 0.347 e. The lowest BCUT2D eigenvalue weighted by atomic mass is 9.86. The van der Waals surface area contributed by atoms with Gasteiger partial charge < -0.3 is 16.0 Å². The predicted molar refractivity (Wildman–Crippen MR) is 142 cm³/mol. The normalized spacial score (nSPS) is 15.3. The van der Waals surface area contributed by atoms with E-state index in [1.165, 1.54) is 4.90 Å². The van der Waals surface area contributed by atoms with Gasteiger partial charge in [0, 0.05) is 12.1 Å². The van der Waals surface area contributed by atoms with E-state index in [4.69, 9.17) is 0 Å². The zero-order valence-corrected chi connectivity index (χ0v) is 22.1. The van der Waals surface area contributed by atoms with Crippen LogP contribution in [0.2, 0.25) is 0 Å². The number of aromatic amines is 1. The van der Waals surface area contributed by atoms with Crippen molar-refractivity contribution < 1.29 is 19.2 Å². The van der Waals surface area contributed by atoms with E-state index in [1.807, 2.05) is 63.2 Å². The number of nitrogens with zero attached hydrogens (tertiary/aromatic N) is 4. The summed E-state index contributed by atoms with van der Waals surface area (Å²) < 4.78 is 0. The Morgan fingerprint density at radius 1 is 1.03 bits per heavy atom. The Morgan fingerprint density at radius 2 is 1.74 bits per heavy atom. The van der Waals surface area contributed by atoms with E-state index in [0.29, 0.717) is 17.9 Å². The molecule has 3 aromatic rings. The molecule has 0 saturated heterocycles. The van der Waals surface area contributed by atoms with Crippen LogP contribution in [0.1, 0.15) is 37.7 Å². The SMILES string of the molecule is CC(C)(C)C(NC(=O)Cc1ccccc1)C(=O)NCC(=O)N1c2ccccc2C[C@H]1C(=O)NCc1nn[nH]n1. The Hall–Kier alpha value is -4.61. The van der Waals surface area contributed by atoms with Crippen LogP contribution >= 0.6 is 0 Å². The van der Waals surface area contributed by atoms with E-state index >= 15 is 0 Å². The maximum atomic E-state index is 13.4. The molecule has 1 aliphatic heterocycles. The molecule has 2 atom stereocenters. The van der Waals surface area contributed by atoms with E-state index in [0.717, 1.165) is 11.1 Å². The van der Waals surface area contributed by atoms with Gasteiger partial charge in [0.2, 0.25) is 23.6 Å². The molecule has 0 spiro atoms. The van der Waals surface area contributed by atoms with Crippen LogP contribution in [0.5, 0.6) is 0 Å². The van der Waals surface area contributed by atoms with E-state index in [9.17, 15) is 19.2 Å². The van der Waals surface area contributed by atoms with Gasteiger partial charge in [-0.2, -0.15) is 5.21 Å². The summed E-state index contributed by atoms with van der Waals surface area (Å²) in [6, 6.07) is 14.8. The first-order valence-corrected chi connectivity index (χ1v) is 12.6. The molecule has 4 amide bonds. The second-order valence-electron chi connectivity index (χ2n) is 10.4. The molecule has 1 unspecified atom stereocenters. The van der Waals surface area contributed by atoms with Crippen molar-refractivity contribution in [3.8, 4) is 0 Å². The molecule has 39 heavy (non-hydrogen) atoms. The van der Waals surface area contributed by atoms with Gasteiger partial charge in [0.15, 0.2) is 5.82 Å². The number of aromatic nitrogens is 4. The van der Waals surface area contributed by atoms with Crippen molar-refractivity contribution in [1.82, 2.24) is 36.6 Å². The molecule has 2 aromatic carbocycles. The molecule has 1 aromatic heterocycles. The van der Waals surface area contributed by atoms with Crippen LogP contribution < -0.4 is 20.9 Å². The summed E-state index contributed by atoms with van der Waals surface area (Å²) in [6.45, 7) is 5.22. The number of benzene rings is 2. The number of tetrazole rings is 1. The molecule has 0 saturated carbocycles. The summed E-state index contributed by atoms with van der Waals surface area (Å²) in [5, 5.41) is 21.6. The van der Waals surface area contributed by atoms with Gasteiger partial charge in [-0.15, -0.1) is 10.2 Å². The standard InChI is InChI=1S/C27H32N8O4/c1-27(2,3)24(30-22(36)13-17-9-5-4-6-10-17)26(39)29-16-23(37)35-19-12-8-7-11-18(19)14-20(35)25(38)28-15-21-31-33-34-32-21/h4-12,20,24H,13-16H2,1-3H3,(H,28,38)(H,29,39)(H,30,36)(H,31,32,33,34)/t20-,24?/m0/s1. The van der Waals surface area contributed by atoms with Crippen molar-refractivity contribution in [1.29, 1.82) is 0 Å². The third kappa shape index (κ3) is 6.83. The molecule has 1 aliphatic rings. The van der Waals surface area contributed by atoms with Gasteiger partial charge in [0.25, 0.3) is 0 Å². The molecule has 0 aliphatic carbocycles. The van der Waals surface area contributed by atoms with Gasteiger partial charge >= 0.3 is 0 Å². The predicted octanol–water partition coefficient (Wildman–Crippen LogP) is 0.664. The van der Waals surface area contributed by atoms with E-state index < -0.39 is 29.3 Å². The summed E-state index contributed by atoms with van der Waals surface area (Å²) in [7, 11) is 0. The lowest BCUT2D eigenvalue weighted by Gasteiger charge is -2.31. The number of carbonyl (C=O) groups is 4. The number of rotatable bonds is 9. The van der Waals surface area contributed by atoms with Crippen molar-refractivity contribution in [3.63, 3.8) is 0 Å². The van der Waals surface area contributed by atoms with Gasteiger partial charge in [0.05, 0.1) is 19.5 Å². The third-order valence-corrected chi connectivity index (χ3v) is 6.41. The molecule has 12 nitrogen and oxygen atoms in total. The minimum Gasteiger partial charge on any atom is -0.347 e.